The Kier molecular flexibility index (Phi) is 5.78. The van der Waals surface area contributed by atoms with E-state index in [2.05, 4.69) is 22.5 Å². The standard InChI is InChI=1S/C19H28N4O/c1-5-11-19(4,20)18(24)21-12-17-14(2)22-23(15(17)3)13-16-9-7-6-8-10-16/h6-10H,5,11-13,20H2,1-4H3,(H,21,24). The maximum Gasteiger partial charge on any atom is 0.240 e. The van der Waals surface area contributed by atoms with Gasteiger partial charge in [-0.1, -0.05) is 43.7 Å². The number of amides is 1. The Morgan fingerprint density at radius 3 is 2.58 bits per heavy atom. The van der Waals surface area contributed by atoms with Crippen LogP contribution in [0.5, 0.6) is 0 Å². The molecule has 1 unspecified atom stereocenters. The number of carbonyl (C=O) groups excluding carboxylic acids is 1. The molecule has 0 saturated heterocycles. The molecule has 1 heterocycles. The molecule has 0 spiro atoms. The second-order valence-electron chi connectivity index (χ2n) is 6.64. The van der Waals surface area contributed by atoms with Gasteiger partial charge < -0.3 is 11.1 Å². The minimum Gasteiger partial charge on any atom is -0.350 e. The van der Waals surface area contributed by atoms with Crippen LogP contribution in [0.2, 0.25) is 0 Å². The van der Waals surface area contributed by atoms with Crippen LogP contribution in [0, 0.1) is 13.8 Å². The van der Waals surface area contributed by atoms with Gasteiger partial charge in [-0.2, -0.15) is 5.10 Å². The zero-order valence-electron chi connectivity index (χ0n) is 15.1. The molecule has 0 aliphatic carbocycles. The summed E-state index contributed by atoms with van der Waals surface area (Å²) >= 11 is 0. The molecule has 1 atom stereocenters. The molecule has 0 aliphatic heterocycles. The summed E-state index contributed by atoms with van der Waals surface area (Å²) < 4.78 is 1.99. The van der Waals surface area contributed by atoms with Gasteiger partial charge in [0, 0.05) is 17.8 Å². The van der Waals surface area contributed by atoms with E-state index in [0.717, 1.165) is 29.9 Å². The second kappa shape index (κ2) is 7.62. The van der Waals surface area contributed by atoms with E-state index in [9.17, 15) is 4.79 Å². The molecule has 130 valence electrons. The van der Waals surface area contributed by atoms with Gasteiger partial charge >= 0.3 is 0 Å². The first-order valence-electron chi connectivity index (χ1n) is 8.49. The largest absolute Gasteiger partial charge is 0.350 e. The van der Waals surface area contributed by atoms with Crippen LogP contribution in [-0.4, -0.2) is 21.2 Å². The highest BCUT2D eigenvalue weighted by molar-refractivity contribution is 5.85. The number of nitrogens with zero attached hydrogens (tertiary/aromatic N) is 2. The quantitative estimate of drug-likeness (QED) is 0.821. The number of hydrogen-bond donors (Lipinski definition) is 2. The van der Waals surface area contributed by atoms with Crippen molar-refractivity contribution in [1.82, 2.24) is 15.1 Å². The molecular formula is C19H28N4O. The highest BCUT2D eigenvalue weighted by Crippen LogP contribution is 2.16. The zero-order valence-corrected chi connectivity index (χ0v) is 15.1. The number of nitrogens with one attached hydrogen (secondary N) is 1. The third-order valence-corrected chi connectivity index (χ3v) is 4.42. The van der Waals surface area contributed by atoms with Gasteiger partial charge in [0.25, 0.3) is 0 Å². The van der Waals surface area contributed by atoms with Crippen molar-refractivity contribution < 1.29 is 4.79 Å². The Hall–Kier alpha value is -2.14. The van der Waals surface area contributed by atoms with Gasteiger partial charge in [-0.05, 0) is 32.8 Å². The fourth-order valence-electron chi connectivity index (χ4n) is 2.90. The number of aryl methyl sites for hydroxylation is 1. The molecule has 0 bridgehead atoms. The number of hydrogen-bond acceptors (Lipinski definition) is 3. The molecule has 5 heteroatoms. The minimum atomic E-state index is -0.823. The predicted octanol–water partition coefficient (Wildman–Crippen LogP) is 2.68. The lowest BCUT2D eigenvalue weighted by Crippen LogP contribution is -2.51. The molecule has 2 rings (SSSR count). The summed E-state index contributed by atoms with van der Waals surface area (Å²) in [5, 5.41) is 7.58. The molecule has 1 amide bonds. The smallest absolute Gasteiger partial charge is 0.240 e. The van der Waals surface area contributed by atoms with E-state index >= 15 is 0 Å². The lowest BCUT2D eigenvalue weighted by atomic mass is 9.96. The van der Waals surface area contributed by atoms with Crippen LogP contribution in [0.15, 0.2) is 30.3 Å². The topological polar surface area (TPSA) is 72.9 Å². The summed E-state index contributed by atoms with van der Waals surface area (Å²) in [7, 11) is 0. The Labute approximate surface area is 144 Å². The predicted molar refractivity (Wildman–Crippen MR) is 96.6 cm³/mol. The number of rotatable bonds is 7. The van der Waals surface area contributed by atoms with Crippen molar-refractivity contribution in [1.29, 1.82) is 0 Å². The van der Waals surface area contributed by atoms with Crippen LogP contribution in [0.1, 0.15) is 49.2 Å². The van der Waals surface area contributed by atoms with Crippen molar-refractivity contribution in [3.63, 3.8) is 0 Å². The monoisotopic (exact) mass is 328 g/mol. The third-order valence-electron chi connectivity index (χ3n) is 4.42. The second-order valence-corrected chi connectivity index (χ2v) is 6.64. The maximum atomic E-state index is 12.3. The van der Waals surface area contributed by atoms with Crippen molar-refractivity contribution >= 4 is 5.91 Å². The Balaban J connectivity index is 2.08. The Morgan fingerprint density at radius 1 is 1.29 bits per heavy atom. The van der Waals surface area contributed by atoms with Gasteiger partial charge in [-0.15, -0.1) is 0 Å². The van der Waals surface area contributed by atoms with Crippen LogP contribution in [-0.2, 0) is 17.9 Å². The Morgan fingerprint density at radius 2 is 1.96 bits per heavy atom. The lowest BCUT2D eigenvalue weighted by Gasteiger charge is -2.22. The van der Waals surface area contributed by atoms with Gasteiger partial charge in [-0.25, -0.2) is 0 Å². The molecule has 2 aromatic rings. The zero-order chi connectivity index (χ0) is 17.7. The average molecular weight is 328 g/mol. The highest BCUT2D eigenvalue weighted by Gasteiger charge is 2.27. The van der Waals surface area contributed by atoms with Crippen LogP contribution < -0.4 is 11.1 Å². The summed E-state index contributed by atoms with van der Waals surface area (Å²) in [5.74, 6) is -0.112. The first-order chi connectivity index (χ1) is 11.3. The molecule has 0 saturated carbocycles. The van der Waals surface area contributed by atoms with Crippen molar-refractivity contribution in [2.45, 2.75) is 59.2 Å². The van der Waals surface area contributed by atoms with Crippen LogP contribution >= 0.6 is 0 Å². The fourth-order valence-corrected chi connectivity index (χ4v) is 2.90. The lowest BCUT2D eigenvalue weighted by molar-refractivity contribution is -0.126. The summed E-state index contributed by atoms with van der Waals surface area (Å²) in [6.07, 6.45) is 1.55. The van der Waals surface area contributed by atoms with E-state index in [1.54, 1.807) is 6.92 Å². The molecule has 0 aliphatic rings. The fraction of sp³-hybridized carbons (Fsp3) is 0.474. The van der Waals surface area contributed by atoms with Gasteiger partial charge in [0.15, 0.2) is 0 Å². The molecule has 0 fully saturated rings. The summed E-state index contributed by atoms with van der Waals surface area (Å²) in [6.45, 7) is 9.01. The van der Waals surface area contributed by atoms with E-state index in [0.29, 0.717) is 13.0 Å². The van der Waals surface area contributed by atoms with Gasteiger partial charge in [-0.3, -0.25) is 9.48 Å². The molecule has 1 aromatic carbocycles. The van der Waals surface area contributed by atoms with E-state index in [4.69, 9.17) is 5.73 Å². The number of carbonyl (C=O) groups is 1. The van der Waals surface area contributed by atoms with E-state index < -0.39 is 5.54 Å². The summed E-state index contributed by atoms with van der Waals surface area (Å²) in [4.78, 5) is 12.3. The normalized spacial score (nSPS) is 13.5. The molecular weight excluding hydrogens is 300 g/mol. The minimum absolute atomic E-state index is 0.112. The van der Waals surface area contributed by atoms with Crippen LogP contribution in [0.25, 0.3) is 0 Å². The van der Waals surface area contributed by atoms with Gasteiger partial charge in [0.1, 0.15) is 0 Å². The third kappa shape index (κ3) is 4.23. The van der Waals surface area contributed by atoms with Gasteiger partial charge in [0.2, 0.25) is 5.91 Å². The summed E-state index contributed by atoms with van der Waals surface area (Å²) in [5.41, 5.74) is 9.55. The molecule has 3 N–H and O–H groups in total. The molecule has 1 aromatic heterocycles. The Bertz CT molecular complexity index is 689. The number of benzene rings is 1. The van der Waals surface area contributed by atoms with E-state index in [-0.39, 0.29) is 5.91 Å². The molecule has 5 nitrogen and oxygen atoms in total. The van der Waals surface area contributed by atoms with Crippen LogP contribution in [0.4, 0.5) is 0 Å². The van der Waals surface area contributed by atoms with Crippen molar-refractivity contribution in [3.05, 3.63) is 52.8 Å². The molecule has 24 heavy (non-hydrogen) atoms. The van der Waals surface area contributed by atoms with Crippen molar-refractivity contribution in [3.8, 4) is 0 Å². The number of nitrogens with two attached hydrogens (primary N) is 1. The van der Waals surface area contributed by atoms with Crippen molar-refractivity contribution in [2.75, 3.05) is 0 Å². The highest BCUT2D eigenvalue weighted by atomic mass is 16.2. The van der Waals surface area contributed by atoms with Crippen molar-refractivity contribution in [2.24, 2.45) is 5.73 Å². The SMILES string of the molecule is CCCC(C)(N)C(=O)NCc1c(C)nn(Cc2ccccc2)c1C. The first-order valence-corrected chi connectivity index (χ1v) is 8.49. The van der Waals surface area contributed by atoms with E-state index in [1.807, 2.05) is 43.7 Å². The number of aromatic nitrogens is 2. The molecule has 0 radical (unpaired) electrons. The first kappa shape index (κ1) is 18.2. The summed E-state index contributed by atoms with van der Waals surface area (Å²) in [6, 6.07) is 10.2. The average Bonchev–Trinajstić information content (AvgIpc) is 2.80. The van der Waals surface area contributed by atoms with E-state index in [1.165, 1.54) is 5.56 Å². The van der Waals surface area contributed by atoms with Gasteiger partial charge in [0.05, 0.1) is 17.8 Å². The van der Waals surface area contributed by atoms with Crippen LogP contribution in [0.3, 0.4) is 0 Å². The maximum absolute atomic E-state index is 12.3.